The number of aliphatic hydroxyl groups is 1. The molecule has 0 amide bonds. The summed E-state index contributed by atoms with van der Waals surface area (Å²) in [6, 6.07) is 4.46. The van der Waals surface area contributed by atoms with E-state index in [-0.39, 0.29) is 6.10 Å². The molecule has 2 bridgehead atoms. The molecule has 2 aliphatic heterocycles. The van der Waals surface area contributed by atoms with Crippen LogP contribution in [-0.4, -0.2) is 38.4 Å². The van der Waals surface area contributed by atoms with Gasteiger partial charge in [0.25, 0.3) is 5.89 Å². The molecule has 0 aliphatic carbocycles. The predicted molar refractivity (Wildman–Crippen MR) is 77.3 cm³/mol. The van der Waals surface area contributed by atoms with E-state index < -0.39 is 0 Å². The molecule has 4 heterocycles. The molecule has 0 radical (unpaired) electrons. The highest BCUT2D eigenvalue weighted by atomic mass is 79.9. The number of furan rings is 1. The number of hydrogen-bond donors (Lipinski definition) is 1. The van der Waals surface area contributed by atoms with Gasteiger partial charge in [-0.3, -0.25) is 4.90 Å². The van der Waals surface area contributed by atoms with E-state index >= 15 is 0 Å². The maximum Gasteiger partial charge on any atom is 0.283 e. The zero-order valence-electron chi connectivity index (χ0n) is 11.4. The normalized spacial score (nSPS) is 29.1. The van der Waals surface area contributed by atoms with Crippen LogP contribution in [0, 0.1) is 0 Å². The maximum atomic E-state index is 9.83. The van der Waals surface area contributed by atoms with Crippen molar-refractivity contribution < 1.29 is 13.9 Å². The summed E-state index contributed by atoms with van der Waals surface area (Å²) < 4.78 is 11.8. The van der Waals surface area contributed by atoms with Crippen LogP contribution in [0.25, 0.3) is 11.7 Å². The molecular formula is C14H16BrN3O3. The molecule has 2 fully saturated rings. The highest BCUT2D eigenvalue weighted by molar-refractivity contribution is 9.10. The lowest BCUT2D eigenvalue weighted by Crippen LogP contribution is -2.44. The van der Waals surface area contributed by atoms with E-state index in [1.165, 1.54) is 0 Å². The van der Waals surface area contributed by atoms with Crippen LogP contribution < -0.4 is 0 Å². The molecule has 21 heavy (non-hydrogen) atoms. The van der Waals surface area contributed by atoms with Crippen molar-refractivity contribution >= 4 is 15.9 Å². The second kappa shape index (κ2) is 5.23. The zero-order chi connectivity index (χ0) is 14.4. The Morgan fingerprint density at radius 1 is 1.19 bits per heavy atom. The van der Waals surface area contributed by atoms with Crippen LogP contribution in [0.1, 0.15) is 31.6 Å². The molecule has 0 aromatic carbocycles. The first-order chi connectivity index (χ1) is 10.2. The Hall–Kier alpha value is -1.18. The number of piperidine rings is 1. The third kappa shape index (κ3) is 2.54. The molecule has 112 valence electrons. The number of halogens is 1. The van der Waals surface area contributed by atoms with Crippen molar-refractivity contribution in [2.24, 2.45) is 0 Å². The Morgan fingerprint density at radius 2 is 1.95 bits per heavy atom. The van der Waals surface area contributed by atoms with E-state index in [2.05, 4.69) is 31.0 Å². The summed E-state index contributed by atoms with van der Waals surface area (Å²) in [6.45, 7) is 0.650. The Morgan fingerprint density at radius 3 is 2.62 bits per heavy atom. The van der Waals surface area contributed by atoms with Gasteiger partial charge >= 0.3 is 0 Å². The van der Waals surface area contributed by atoms with Crippen LogP contribution in [0.4, 0.5) is 0 Å². The van der Waals surface area contributed by atoms with E-state index in [0.29, 0.717) is 40.8 Å². The van der Waals surface area contributed by atoms with Gasteiger partial charge in [0, 0.05) is 12.1 Å². The molecule has 2 atom stereocenters. The second-order valence-electron chi connectivity index (χ2n) is 5.79. The van der Waals surface area contributed by atoms with Crippen molar-refractivity contribution in [2.45, 2.75) is 50.4 Å². The topological polar surface area (TPSA) is 75.5 Å². The first-order valence-corrected chi connectivity index (χ1v) is 8.00. The summed E-state index contributed by atoms with van der Waals surface area (Å²) in [7, 11) is 0. The fraction of sp³-hybridized carbons (Fsp3) is 0.571. The molecule has 1 N–H and O–H groups in total. The molecule has 2 aliphatic rings. The quantitative estimate of drug-likeness (QED) is 0.913. The standard InChI is InChI=1S/C14H16BrN3O3/c15-12-4-3-11(20-12)14-17-16-13(21-14)7-18-8-1-2-9(18)6-10(19)5-8/h3-4,8-10,19H,1-2,5-7H2. The molecule has 6 nitrogen and oxygen atoms in total. The first-order valence-electron chi connectivity index (χ1n) is 7.21. The van der Waals surface area contributed by atoms with Crippen molar-refractivity contribution in [1.29, 1.82) is 0 Å². The van der Waals surface area contributed by atoms with E-state index in [0.717, 1.165) is 25.7 Å². The largest absolute Gasteiger partial charge is 0.444 e. The zero-order valence-corrected chi connectivity index (χ0v) is 13.0. The number of aromatic nitrogens is 2. The summed E-state index contributed by atoms with van der Waals surface area (Å²) in [4.78, 5) is 2.39. The van der Waals surface area contributed by atoms with Gasteiger partial charge in [0.1, 0.15) is 0 Å². The van der Waals surface area contributed by atoms with E-state index in [4.69, 9.17) is 8.83 Å². The number of nitrogens with zero attached hydrogens (tertiary/aromatic N) is 3. The van der Waals surface area contributed by atoms with Crippen molar-refractivity contribution in [1.82, 2.24) is 15.1 Å². The van der Waals surface area contributed by atoms with E-state index in [1.807, 2.05) is 0 Å². The van der Waals surface area contributed by atoms with Crippen LogP contribution in [-0.2, 0) is 6.54 Å². The summed E-state index contributed by atoms with van der Waals surface area (Å²) >= 11 is 3.26. The SMILES string of the molecule is OC1CC2CCC(C1)N2Cc1nnc(-c2ccc(Br)o2)o1. The van der Waals surface area contributed by atoms with Crippen molar-refractivity contribution in [3.8, 4) is 11.7 Å². The van der Waals surface area contributed by atoms with Crippen LogP contribution in [0.2, 0.25) is 0 Å². The molecule has 2 unspecified atom stereocenters. The highest BCUT2D eigenvalue weighted by Gasteiger charge is 2.40. The van der Waals surface area contributed by atoms with E-state index in [9.17, 15) is 5.11 Å². The lowest BCUT2D eigenvalue weighted by atomic mass is 10.00. The van der Waals surface area contributed by atoms with Gasteiger partial charge in [-0.25, -0.2) is 0 Å². The Labute approximate surface area is 130 Å². The average molecular weight is 354 g/mol. The van der Waals surface area contributed by atoms with Gasteiger partial charge in [-0.2, -0.15) is 0 Å². The highest BCUT2D eigenvalue weighted by Crippen LogP contribution is 2.36. The van der Waals surface area contributed by atoms with Crippen LogP contribution in [0.5, 0.6) is 0 Å². The number of rotatable bonds is 3. The van der Waals surface area contributed by atoms with Crippen molar-refractivity contribution in [3.05, 3.63) is 22.7 Å². The monoisotopic (exact) mass is 353 g/mol. The van der Waals surface area contributed by atoms with Gasteiger partial charge in [-0.15, -0.1) is 10.2 Å². The van der Waals surface area contributed by atoms with Crippen LogP contribution in [0.15, 0.2) is 25.6 Å². The lowest BCUT2D eigenvalue weighted by molar-refractivity contribution is 0.0267. The average Bonchev–Trinajstić information content (AvgIpc) is 3.12. The number of aliphatic hydroxyl groups excluding tert-OH is 1. The minimum atomic E-state index is -0.155. The molecule has 0 saturated carbocycles. The third-order valence-electron chi connectivity index (χ3n) is 4.43. The summed E-state index contributed by atoms with van der Waals surface area (Å²) in [5.41, 5.74) is 0. The molecule has 7 heteroatoms. The molecule has 2 aromatic heterocycles. The van der Waals surface area contributed by atoms with E-state index in [1.54, 1.807) is 12.1 Å². The number of fused-ring (bicyclic) bond motifs is 2. The van der Waals surface area contributed by atoms with Gasteiger partial charge < -0.3 is 13.9 Å². The van der Waals surface area contributed by atoms with Crippen LogP contribution >= 0.6 is 15.9 Å². The second-order valence-corrected chi connectivity index (χ2v) is 6.57. The van der Waals surface area contributed by atoms with Gasteiger partial charge in [0.05, 0.1) is 12.6 Å². The fourth-order valence-electron chi connectivity index (χ4n) is 3.51. The number of hydrogen-bond acceptors (Lipinski definition) is 6. The first kappa shape index (κ1) is 13.5. The molecule has 2 aromatic rings. The minimum Gasteiger partial charge on any atom is -0.444 e. The molecular weight excluding hydrogens is 338 g/mol. The fourth-order valence-corrected chi connectivity index (χ4v) is 3.81. The molecule has 0 spiro atoms. The molecule has 2 saturated heterocycles. The van der Waals surface area contributed by atoms with Crippen LogP contribution in [0.3, 0.4) is 0 Å². The molecule has 4 rings (SSSR count). The third-order valence-corrected chi connectivity index (χ3v) is 4.85. The van der Waals surface area contributed by atoms with Crippen molar-refractivity contribution in [3.63, 3.8) is 0 Å². The minimum absolute atomic E-state index is 0.155. The maximum absolute atomic E-state index is 9.83. The van der Waals surface area contributed by atoms with Gasteiger partial charge in [0.2, 0.25) is 5.89 Å². The summed E-state index contributed by atoms with van der Waals surface area (Å²) in [5.74, 6) is 1.57. The Kier molecular flexibility index (Phi) is 3.35. The van der Waals surface area contributed by atoms with Gasteiger partial charge in [-0.05, 0) is 53.7 Å². The predicted octanol–water partition coefficient (Wildman–Crippen LogP) is 2.58. The van der Waals surface area contributed by atoms with Gasteiger partial charge in [-0.1, -0.05) is 0 Å². The van der Waals surface area contributed by atoms with Gasteiger partial charge in [0.15, 0.2) is 10.4 Å². The van der Waals surface area contributed by atoms with Crippen molar-refractivity contribution in [2.75, 3.05) is 0 Å². The summed E-state index contributed by atoms with van der Waals surface area (Å²) in [5, 5.41) is 18.0. The lowest BCUT2D eigenvalue weighted by Gasteiger charge is -2.36. The Bertz CT molecular complexity index is 627. The summed E-state index contributed by atoms with van der Waals surface area (Å²) in [6.07, 6.45) is 3.84. The Balaban J connectivity index is 1.50. The smallest absolute Gasteiger partial charge is 0.283 e.